The minimum absolute atomic E-state index is 0.224. The molecule has 2 aromatic rings. The lowest BCUT2D eigenvalue weighted by Gasteiger charge is -2.31. The molecule has 1 aliphatic heterocycles. The van der Waals surface area contributed by atoms with Crippen molar-refractivity contribution in [3.05, 3.63) is 71.5 Å². The average molecular weight is 441 g/mol. The predicted octanol–water partition coefficient (Wildman–Crippen LogP) is 2.25. The fourth-order valence-corrected chi connectivity index (χ4v) is 3.33. The zero-order valence-corrected chi connectivity index (χ0v) is 17.4. The highest BCUT2D eigenvalue weighted by Crippen LogP contribution is 2.20. The van der Waals surface area contributed by atoms with Crippen LogP contribution < -0.4 is 10.6 Å². The van der Waals surface area contributed by atoms with Gasteiger partial charge in [0.1, 0.15) is 5.82 Å². The van der Waals surface area contributed by atoms with Gasteiger partial charge in [0.15, 0.2) is 6.61 Å². The average Bonchev–Trinajstić information content (AvgIpc) is 2.82. The van der Waals surface area contributed by atoms with Crippen molar-refractivity contribution in [2.24, 2.45) is 5.92 Å². The number of carbonyl (C=O) groups is 4. The molecule has 2 N–H and O–H groups in total. The molecule has 0 aliphatic carbocycles. The van der Waals surface area contributed by atoms with Crippen LogP contribution in [-0.2, 0) is 20.9 Å². The summed E-state index contributed by atoms with van der Waals surface area (Å²) in [6.07, 6.45) is 0.788. The van der Waals surface area contributed by atoms with Crippen LogP contribution in [0.5, 0.6) is 0 Å². The van der Waals surface area contributed by atoms with Crippen LogP contribution in [0.2, 0.25) is 0 Å². The summed E-state index contributed by atoms with van der Waals surface area (Å²) >= 11 is 0. The molecule has 168 valence electrons. The maximum atomic E-state index is 13.0. The lowest BCUT2D eigenvalue weighted by atomic mass is 9.96. The van der Waals surface area contributed by atoms with E-state index >= 15 is 0 Å². The number of carbonyl (C=O) groups excluding carboxylic acids is 4. The maximum absolute atomic E-state index is 13.0. The van der Waals surface area contributed by atoms with E-state index in [1.165, 1.54) is 24.3 Å². The van der Waals surface area contributed by atoms with Gasteiger partial charge >= 0.3 is 12.0 Å². The number of piperidine rings is 1. The number of urea groups is 1. The number of nitrogens with zero attached hydrogens (tertiary/aromatic N) is 1. The van der Waals surface area contributed by atoms with Gasteiger partial charge < -0.3 is 15.0 Å². The van der Waals surface area contributed by atoms with Gasteiger partial charge in [0.25, 0.3) is 11.8 Å². The van der Waals surface area contributed by atoms with Gasteiger partial charge in [0, 0.05) is 25.2 Å². The number of rotatable bonds is 6. The molecule has 0 bridgehead atoms. The molecule has 1 fully saturated rings. The van der Waals surface area contributed by atoms with Gasteiger partial charge in [-0.1, -0.05) is 30.3 Å². The topological polar surface area (TPSA) is 105 Å². The van der Waals surface area contributed by atoms with Crippen LogP contribution in [-0.4, -0.2) is 48.4 Å². The van der Waals surface area contributed by atoms with Gasteiger partial charge in [-0.25, -0.2) is 9.18 Å². The summed E-state index contributed by atoms with van der Waals surface area (Å²) in [6, 6.07) is 13.8. The van der Waals surface area contributed by atoms with Crippen LogP contribution >= 0.6 is 0 Å². The SMILES string of the molecule is O=C(COC(=O)C1CCN(C(=O)c2ccc(F)cc2)CC1)NC(=O)NCc1ccccc1. The van der Waals surface area contributed by atoms with E-state index in [2.05, 4.69) is 10.6 Å². The van der Waals surface area contributed by atoms with Crippen LogP contribution in [0.1, 0.15) is 28.8 Å². The van der Waals surface area contributed by atoms with Gasteiger partial charge in [-0.05, 0) is 42.7 Å². The first-order valence-corrected chi connectivity index (χ1v) is 10.3. The second kappa shape index (κ2) is 11.0. The molecule has 0 unspecified atom stereocenters. The van der Waals surface area contributed by atoms with Gasteiger partial charge in [0.2, 0.25) is 0 Å². The van der Waals surface area contributed by atoms with E-state index in [0.29, 0.717) is 31.5 Å². The molecule has 1 aliphatic rings. The van der Waals surface area contributed by atoms with Gasteiger partial charge in [-0.2, -0.15) is 0 Å². The van der Waals surface area contributed by atoms with Gasteiger partial charge in [-0.3, -0.25) is 19.7 Å². The predicted molar refractivity (Wildman–Crippen MR) is 113 cm³/mol. The standard InChI is InChI=1S/C23H24FN3O5/c24-19-8-6-17(7-9-19)21(29)27-12-10-18(11-13-27)22(30)32-15-20(28)26-23(31)25-14-16-4-2-1-3-5-16/h1-9,18H,10-15H2,(H2,25,26,28,31). The molecular formula is C23H24FN3O5. The van der Waals surface area contributed by atoms with E-state index in [1.54, 1.807) is 4.90 Å². The number of amides is 4. The zero-order chi connectivity index (χ0) is 22.9. The molecule has 0 radical (unpaired) electrons. The van der Waals surface area contributed by atoms with Crippen molar-refractivity contribution in [3.63, 3.8) is 0 Å². The molecule has 4 amide bonds. The first-order valence-electron chi connectivity index (χ1n) is 10.3. The Kier molecular flexibility index (Phi) is 7.91. The summed E-state index contributed by atoms with van der Waals surface area (Å²) < 4.78 is 18.0. The van der Waals surface area contributed by atoms with Crippen LogP contribution in [0.4, 0.5) is 9.18 Å². The summed E-state index contributed by atoms with van der Waals surface area (Å²) in [4.78, 5) is 49.9. The molecule has 0 spiro atoms. The fourth-order valence-electron chi connectivity index (χ4n) is 3.33. The highest BCUT2D eigenvalue weighted by Gasteiger charge is 2.29. The van der Waals surface area contributed by atoms with Crippen LogP contribution in [0.15, 0.2) is 54.6 Å². The third-order valence-electron chi connectivity index (χ3n) is 5.10. The normalized spacial score (nSPS) is 13.8. The van der Waals surface area contributed by atoms with Crippen LogP contribution in [0.25, 0.3) is 0 Å². The Morgan fingerprint density at radius 1 is 0.969 bits per heavy atom. The minimum atomic E-state index is -0.729. The van der Waals surface area contributed by atoms with Gasteiger partial charge in [-0.15, -0.1) is 0 Å². The lowest BCUT2D eigenvalue weighted by molar-refractivity contribution is -0.153. The second-order valence-corrected chi connectivity index (χ2v) is 7.40. The number of hydrogen-bond acceptors (Lipinski definition) is 5. The molecule has 9 heteroatoms. The van der Waals surface area contributed by atoms with Crippen LogP contribution in [0.3, 0.4) is 0 Å². The first kappa shape index (κ1) is 22.9. The smallest absolute Gasteiger partial charge is 0.321 e. The third kappa shape index (κ3) is 6.63. The number of nitrogens with one attached hydrogen (secondary N) is 2. The van der Waals surface area contributed by atoms with E-state index < -0.39 is 36.2 Å². The Labute approximate surface area is 184 Å². The van der Waals surface area contributed by atoms with Crippen molar-refractivity contribution in [1.82, 2.24) is 15.5 Å². The summed E-state index contributed by atoms with van der Waals surface area (Å²) in [5, 5.41) is 4.65. The van der Waals surface area contributed by atoms with E-state index in [0.717, 1.165) is 5.56 Å². The number of hydrogen-bond donors (Lipinski definition) is 2. The van der Waals surface area contributed by atoms with Crippen molar-refractivity contribution in [1.29, 1.82) is 0 Å². The van der Waals surface area contributed by atoms with Crippen molar-refractivity contribution in [2.45, 2.75) is 19.4 Å². The number of halogens is 1. The van der Waals surface area contributed by atoms with Crippen molar-refractivity contribution in [3.8, 4) is 0 Å². The molecule has 0 aromatic heterocycles. The Morgan fingerprint density at radius 2 is 1.62 bits per heavy atom. The molecule has 1 saturated heterocycles. The molecule has 8 nitrogen and oxygen atoms in total. The quantitative estimate of drug-likeness (QED) is 0.669. The molecule has 0 atom stereocenters. The van der Waals surface area contributed by atoms with E-state index in [1.807, 2.05) is 30.3 Å². The minimum Gasteiger partial charge on any atom is -0.455 e. The summed E-state index contributed by atoms with van der Waals surface area (Å²) in [7, 11) is 0. The monoisotopic (exact) mass is 441 g/mol. The molecule has 1 heterocycles. The zero-order valence-electron chi connectivity index (χ0n) is 17.4. The van der Waals surface area contributed by atoms with Crippen molar-refractivity contribution < 1.29 is 28.3 Å². The van der Waals surface area contributed by atoms with Crippen LogP contribution in [0, 0.1) is 11.7 Å². The van der Waals surface area contributed by atoms with Crippen molar-refractivity contribution in [2.75, 3.05) is 19.7 Å². The summed E-state index contributed by atoms with van der Waals surface area (Å²) in [6.45, 7) is 0.398. The number of ether oxygens (including phenoxy) is 1. The maximum Gasteiger partial charge on any atom is 0.321 e. The number of imide groups is 1. The first-order chi connectivity index (χ1) is 15.4. The third-order valence-corrected chi connectivity index (χ3v) is 5.10. The molecule has 0 saturated carbocycles. The van der Waals surface area contributed by atoms with E-state index in [9.17, 15) is 23.6 Å². The largest absolute Gasteiger partial charge is 0.455 e. The molecule has 3 rings (SSSR count). The molecular weight excluding hydrogens is 417 g/mol. The summed E-state index contributed by atoms with van der Waals surface area (Å²) in [5.74, 6) is -2.35. The highest BCUT2D eigenvalue weighted by atomic mass is 19.1. The fraction of sp³-hybridized carbons (Fsp3) is 0.304. The van der Waals surface area contributed by atoms with Crippen molar-refractivity contribution >= 4 is 23.8 Å². The van der Waals surface area contributed by atoms with E-state index in [-0.39, 0.29) is 12.5 Å². The Morgan fingerprint density at radius 3 is 2.28 bits per heavy atom. The Hall–Kier alpha value is -3.75. The highest BCUT2D eigenvalue weighted by molar-refractivity contribution is 5.96. The molecule has 2 aromatic carbocycles. The summed E-state index contributed by atoms with van der Waals surface area (Å²) in [5.41, 5.74) is 1.26. The van der Waals surface area contributed by atoms with E-state index in [4.69, 9.17) is 4.74 Å². The second-order valence-electron chi connectivity index (χ2n) is 7.40. The number of likely N-dealkylation sites (tertiary alicyclic amines) is 1. The Balaban J connectivity index is 1.35. The van der Waals surface area contributed by atoms with Gasteiger partial charge in [0.05, 0.1) is 5.92 Å². The Bertz CT molecular complexity index is 957. The number of esters is 1. The molecule has 32 heavy (non-hydrogen) atoms. The lowest BCUT2D eigenvalue weighted by Crippen LogP contribution is -2.43. The number of benzene rings is 2.